The molecule has 0 amide bonds. The summed E-state index contributed by atoms with van der Waals surface area (Å²) in [4.78, 5) is 0. The monoisotopic (exact) mass is 460 g/mol. The van der Waals surface area contributed by atoms with Crippen molar-refractivity contribution in [2.75, 3.05) is 0 Å². The first-order chi connectivity index (χ1) is 12.1. The average molecular weight is 459 g/mol. The van der Waals surface area contributed by atoms with Gasteiger partial charge in [-0.1, -0.05) is 0 Å². The van der Waals surface area contributed by atoms with E-state index in [0.29, 0.717) is 0 Å². The van der Waals surface area contributed by atoms with Crippen molar-refractivity contribution in [1.29, 1.82) is 0 Å². The second kappa shape index (κ2) is 17.9. The summed E-state index contributed by atoms with van der Waals surface area (Å²) >= 11 is -2.18. The Morgan fingerprint density at radius 2 is 1.08 bits per heavy atom. The predicted molar refractivity (Wildman–Crippen MR) is 118 cm³/mol. The van der Waals surface area contributed by atoms with Crippen molar-refractivity contribution in [2.45, 2.75) is 131 Å². The summed E-state index contributed by atoms with van der Waals surface area (Å²) in [6.07, 6.45) is 19.1. The zero-order valence-electron chi connectivity index (χ0n) is 18.0. The maximum absolute atomic E-state index is 10.4. The van der Waals surface area contributed by atoms with Gasteiger partial charge in [0, 0.05) is 0 Å². The first kappa shape index (κ1) is 25.5. The molecule has 0 aliphatic rings. The van der Waals surface area contributed by atoms with Crippen molar-refractivity contribution in [2.24, 2.45) is 0 Å². The van der Waals surface area contributed by atoms with E-state index in [9.17, 15) is 5.11 Å². The number of unbranched alkanes of at least 4 members (excludes halogenated alkanes) is 8. The zero-order chi connectivity index (χ0) is 18.8. The second-order valence-corrected chi connectivity index (χ2v) is 21.2. The van der Waals surface area contributed by atoms with Crippen LogP contribution in [0.2, 0.25) is 13.3 Å². The second-order valence-electron chi connectivity index (χ2n) is 8.16. The minimum atomic E-state index is -2.18. The summed E-state index contributed by atoms with van der Waals surface area (Å²) in [5, 5.41) is 10.4. The number of rotatable bonds is 18. The third-order valence-corrected chi connectivity index (χ3v) is 19.7. The molecule has 0 aromatic rings. The molecular formula is C23H48OSn. The van der Waals surface area contributed by atoms with Crippen LogP contribution in [0.1, 0.15) is 111 Å². The minimum absolute atomic E-state index is 0.188. The standard InChI is InChI=1S/C11H21O.3C4H9.Sn/c1-3-5-6-7-8-9-10-11(12)4-2;3*1-3-4-2;/h2,4,11-12H,3,5-10H2,1H3;3*1,3-4H2,2H3;/t11-;;;;/m0..../s1. The molecule has 0 spiro atoms. The molecule has 2 heteroatoms. The van der Waals surface area contributed by atoms with Gasteiger partial charge in [0.15, 0.2) is 0 Å². The van der Waals surface area contributed by atoms with Crippen molar-refractivity contribution in [1.82, 2.24) is 0 Å². The fraction of sp³-hybridized carbons (Fsp3) is 0.913. The van der Waals surface area contributed by atoms with Crippen LogP contribution in [0.5, 0.6) is 0 Å². The van der Waals surface area contributed by atoms with Crippen LogP contribution in [0, 0.1) is 0 Å². The number of aliphatic hydroxyl groups excluding tert-OH is 1. The molecule has 1 atom stereocenters. The van der Waals surface area contributed by atoms with Gasteiger partial charge in [-0.25, -0.2) is 0 Å². The molecule has 25 heavy (non-hydrogen) atoms. The first-order valence-corrected chi connectivity index (χ1v) is 19.2. The van der Waals surface area contributed by atoms with E-state index in [1.54, 1.807) is 0 Å². The molecule has 1 N–H and O–H groups in total. The Kier molecular flexibility index (Phi) is 18.2. The van der Waals surface area contributed by atoms with Crippen LogP contribution in [0.25, 0.3) is 0 Å². The Bertz CT molecular complexity index is 279. The Morgan fingerprint density at radius 1 is 0.640 bits per heavy atom. The Morgan fingerprint density at radius 3 is 1.56 bits per heavy atom. The van der Waals surface area contributed by atoms with Crippen LogP contribution >= 0.6 is 0 Å². The van der Waals surface area contributed by atoms with Crippen LogP contribution in [0.15, 0.2) is 10.2 Å². The molecule has 0 aliphatic heterocycles. The molecular weight excluding hydrogens is 411 g/mol. The van der Waals surface area contributed by atoms with Gasteiger partial charge < -0.3 is 0 Å². The van der Waals surface area contributed by atoms with Gasteiger partial charge in [-0.15, -0.1) is 0 Å². The van der Waals surface area contributed by atoms with E-state index in [1.165, 1.54) is 90.4 Å². The van der Waals surface area contributed by atoms with E-state index < -0.39 is 18.4 Å². The van der Waals surface area contributed by atoms with Gasteiger partial charge in [0.25, 0.3) is 0 Å². The molecule has 0 radical (unpaired) electrons. The van der Waals surface area contributed by atoms with Crippen molar-refractivity contribution in [3.63, 3.8) is 0 Å². The predicted octanol–water partition coefficient (Wildman–Crippen LogP) is 8.04. The fourth-order valence-corrected chi connectivity index (χ4v) is 18.2. The number of hydrogen-bond donors (Lipinski definition) is 1. The molecule has 0 aromatic carbocycles. The third-order valence-electron chi connectivity index (χ3n) is 5.61. The van der Waals surface area contributed by atoms with E-state index >= 15 is 0 Å². The van der Waals surface area contributed by atoms with Crippen LogP contribution in [-0.2, 0) is 0 Å². The van der Waals surface area contributed by atoms with E-state index in [0.717, 1.165) is 6.42 Å². The Balaban J connectivity index is 4.52. The van der Waals surface area contributed by atoms with Gasteiger partial charge in [-0.3, -0.25) is 0 Å². The summed E-state index contributed by atoms with van der Waals surface area (Å²) < 4.78 is 7.15. The van der Waals surface area contributed by atoms with Crippen LogP contribution in [-0.4, -0.2) is 29.6 Å². The fourth-order valence-electron chi connectivity index (χ4n) is 3.76. The first-order valence-electron chi connectivity index (χ1n) is 11.5. The maximum atomic E-state index is 10.4. The molecule has 0 unspecified atom stereocenters. The third kappa shape index (κ3) is 14.3. The van der Waals surface area contributed by atoms with Gasteiger partial charge in [-0.05, 0) is 0 Å². The SMILES string of the molecule is CCCCCCCC[C@@H](O)/C=[CH]/[Sn]([CH2]CCC)([CH2]CCC)[CH2]CCC. The zero-order valence-corrected chi connectivity index (χ0v) is 20.8. The average Bonchev–Trinajstić information content (AvgIpc) is 2.63. The summed E-state index contributed by atoms with van der Waals surface area (Å²) in [7, 11) is 0. The Hall–Kier alpha value is 0.499. The normalized spacial score (nSPS) is 13.6. The summed E-state index contributed by atoms with van der Waals surface area (Å²) in [6, 6.07) is 0. The van der Waals surface area contributed by atoms with Crippen molar-refractivity contribution < 1.29 is 5.11 Å². The number of hydrogen-bond acceptors (Lipinski definition) is 1. The molecule has 0 heterocycles. The molecule has 0 aromatic heterocycles. The Labute approximate surface area is 163 Å². The van der Waals surface area contributed by atoms with Gasteiger partial charge in [0.1, 0.15) is 0 Å². The van der Waals surface area contributed by atoms with Crippen LogP contribution < -0.4 is 0 Å². The van der Waals surface area contributed by atoms with Crippen molar-refractivity contribution in [3.8, 4) is 0 Å². The van der Waals surface area contributed by atoms with E-state index in [2.05, 4.69) is 37.9 Å². The van der Waals surface area contributed by atoms with E-state index in [4.69, 9.17) is 0 Å². The summed E-state index contributed by atoms with van der Waals surface area (Å²) in [5.74, 6) is 0. The summed E-state index contributed by atoms with van der Waals surface area (Å²) in [6.45, 7) is 9.25. The topological polar surface area (TPSA) is 20.2 Å². The molecule has 0 fully saturated rings. The van der Waals surface area contributed by atoms with E-state index in [1.807, 2.05) is 0 Å². The van der Waals surface area contributed by atoms with Gasteiger partial charge in [0.2, 0.25) is 0 Å². The quantitative estimate of drug-likeness (QED) is 0.162. The number of aliphatic hydroxyl groups is 1. The molecule has 1 nitrogen and oxygen atoms in total. The van der Waals surface area contributed by atoms with Crippen LogP contribution in [0.4, 0.5) is 0 Å². The van der Waals surface area contributed by atoms with Gasteiger partial charge in [0.05, 0.1) is 0 Å². The van der Waals surface area contributed by atoms with Crippen LogP contribution in [0.3, 0.4) is 0 Å². The van der Waals surface area contributed by atoms with Crippen molar-refractivity contribution >= 4 is 18.4 Å². The molecule has 0 saturated carbocycles. The van der Waals surface area contributed by atoms with Crippen molar-refractivity contribution in [3.05, 3.63) is 10.2 Å². The van der Waals surface area contributed by atoms with Gasteiger partial charge >= 0.3 is 164 Å². The van der Waals surface area contributed by atoms with Gasteiger partial charge in [-0.2, -0.15) is 0 Å². The molecule has 0 rings (SSSR count). The van der Waals surface area contributed by atoms with E-state index in [-0.39, 0.29) is 6.10 Å². The molecule has 0 aliphatic carbocycles. The molecule has 0 bridgehead atoms. The summed E-state index contributed by atoms with van der Waals surface area (Å²) in [5.41, 5.74) is 0. The molecule has 150 valence electrons. The molecule has 0 saturated heterocycles.